The van der Waals surface area contributed by atoms with Crippen molar-refractivity contribution in [1.29, 1.82) is 0 Å². The molecule has 1 aliphatic heterocycles. The van der Waals surface area contributed by atoms with Crippen LogP contribution in [-0.2, 0) is 14.3 Å². The largest absolute Gasteiger partial charge is 0.465 e. The first kappa shape index (κ1) is 19.6. The van der Waals surface area contributed by atoms with Crippen LogP contribution in [0.15, 0.2) is 35.7 Å². The molecule has 6 nitrogen and oxygen atoms in total. The number of carbonyl (C=O) groups excluding carboxylic acids is 2. The Kier molecular flexibility index (Phi) is 5.41. The zero-order valence-electron chi connectivity index (χ0n) is 16.9. The number of rotatable bonds is 6. The molecule has 0 saturated carbocycles. The van der Waals surface area contributed by atoms with Crippen molar-refractivity contribution in [2.75, 3.05) is 18.1 Å². The molecule has 2 unspecified atom stereocenters. The molecule has 0 saturated heterocycles. The lowest BCUT2D eigenvalue weighted by molar-refractivity contribution is -0.153. The molecule has 0 radical (unpaired) electrons. The highest BCUT2D eigenvalue weighted by molar-refractivity contribution is 7.10. The first-order valence-electron chi connectivity index (χ1n) is 10.1. The summed E-state index contributed by atoms with van der Waals surface area (Å²) in [6, 6.07) is 9.41. The molecule has 3 heterocycles. The van der Waals surface area contributed by atoms with Crippen LogP contribution in [0.4, 0.5) is 5.95 Å². The molecule has 1 aliphatic rings. The quantitative estimate of drug-likeness (QED) is 0.448. The smallest absolute Gasteiger partial charge is 0.321 e. The predicted molar refractivity (Wildman–Crippen MR) is 114 cm³/mol. The molecule has 1 aromatic carbocycles. The van der Waals surface area contributed by atoms with Crippen molar-refractivity contribution in [3.05, 3.63) is 46.2 Å². The van der Waals surface area contributed by atoms with Crippen molar-refractivity contribution in [3.63, 3.8) is 0 Å². The van der Waals surface area contributed by atoms with Gasteiger partial charge in [-0.05, 0) is 49.4 Å². The van der Waals surface area contributed by atoms with E-state index >= 15 is 0 Å². The van der Waals surface area contributed by atoms with Gasteiger partial charge >= 0.3 is 5.97 Å². The number of hydrogen-bond donors (Lipinski definition) is 0. The standard InChI is InChI=1S/C22H25N3O3S/c1-4-6-12-24-20(26)17(21(27)28-5-2)18(19-14(3)11-13-29-19)25-16-10-8-7-9-15(16)23-22(24)25/h7-11,13,17-18H,4-6,12H2,1-3H3. The second kappa shape index (κ2) is 7.99. The van der Waals surface area contributed by atoms with Gasteiger partial charge in [0.1, 0.15) is 0 Å². The van der Waals surface area contributed by atoms with E-state index in [1.807, 2.05) is 42.6 Å². The molecule has 3 aromatic rings. The molecule has 7 heteroatoms. The number of anilines is 1. The highest BCUT2D eigenvalue weighted by Gasteiger charge is 2.48. The monoisotopic (exact) mass is 411 g/mol. The number of aromatic nitrogens is 2. The van der Waals surface area contributed by atoms with Gasteiger partial charge in [-0.15, -0.1) is 11.3 Å². The van der Waals surface area contributed by atoms with Crippen molar-refractivity contribution < 1.29 is 14.3 Å². The summed E-state index contributed by atoms with van der Waals surface area (Å²) in [5.74, 6) is -1.00. The fourth-order valence-corrected chi connectivity index (χ4v) is 5.04. The molecule has 0 N–H and O–H groups in total. The topological polar surface area (TPSA) is 64.4 Å². The van der Waals surface area contributed by atoms with Crippen molar-refractivity contribution >= 4 is 40.2 Å². The Hall–Kier alpha value is -2.67. The number of esters is 1. The van der Waals surface area contributed by atoms with Crippen LogP contribution in [0, 0.1) is 12.8 Å². The first-order valence-corrected chi connectivity index (χ1v) is 10.9. The fraction of sp³-hybridized carbons (Fsp3) is 0.409. The van der Waals surface area contributed by atoms with Crippen LogP contribution in [0.25, 0.3) is 11.0 Å². The van der Waals surface area contributed by atoms with E-state index in [4.69, 9.17) is 9.72 Å². The zero-order chi connectivity index (χ0) is 20.5. The van der Waals surface area contributed by atoms with Gasteiger partial charge in [-0.1, -0.05) is 25.5 Å². The predicted octanol–water partition coefficient (Wildman–Crippen LogP) is 4.32. The highest BCUT2D eigenvalue weighted by atomic mass is 32.1. The summed E-state index contributed by atoms with van der Waals surface area (Å²) >= 11 is 1.56. The van der Waals surface area contributed by atoms with Crippen molar-refractivity contribution in [2.24, 2.45) is 5.92 Å². The van der Waals surface area contributed by atoms with Crippen molar-refractivity contribution in [3.8, 4) is 0 Å². The maximum Gasteiger partial charge on any atom is 0.321 e. The van der Waals surface area contributed by atoms with E-state index < -0.39 is 17.9 Å². The molecule has 29 heavy (non-hydrogen) atoms. The zero-order valence-corrected chi connectivity index (χ0v) is 17.7. The van der Waals surface area contributed by atoms with Crippen LogP contribution in [0.5, 0.6) is 0 Å². The first-order chi connectivity index (χ1) is 14.1. The lowest BCUT2D eigenvalue weighted by Gasteiger charge is -2.37. The number of fused-ring (bicyclic) bond motifs is 3. The lowest BCUT2D eigenvalue weighted by Crippen LogP contribution is -2.50. The molecule has 0 fully saturated rings. The summed E-state index contributed by atoms with van der Waals surface area (Å²) in [5, 5.41) is 2.00. The number of ether oxygens (including phenoxy) is 1. The number of para-hydroxylation sites is 2. The highest BCUT2D eigenvalue weighted by Crippen LogP contribution is 2.43. The second-order valence-corrected chi connectivity index (χ2v) is 8.20. The number of carbonyl (C=O) groups is 2. The Morgan fingerprint density at radius 2 is 2.03 bits per heavy atom. The van der Waals surface area contributed by atoms with Crippen LogP contribution < -0.4 is 4.90 Å². The average Bonchev–Trinajstić information content (AvgIpc) is 3.30. The molecule has 152 valence electrons. The molecular formula is C22H25N3O3S. The Balaban J connectivity index is 1.98. The number of aryl methyl sites for hydroxylation is 1. The van der Waals surface area contributed by atoms with E-state index in [2.05, 4.69) is 11.5 Å². The van der Waals surface area contributed by atoms with Gasteiger partial charge in [0.25, 0.3) is 0 Å². The van der Waals surface area contributed by atoms with Gasteiger partial charge in [0.05, 0.1) is 23.7 Å². The number of hydrogen-bond acceptors (Lipinski definition) is 5. The van der Waals surface area contributed by atoms with Crippen molar-refractivity contribution in [2.45, 2.75) is 39.7 Å². The van der Waals surface area contributed by atoms with Crippen LogP contribution >= 0.6 is 11.3 Å². The van der Waals surface area contributed by atoms with Crippen LogP contribution in [0.3, 0.4) is 0 Å². The van der Waals surface area contributed by atoms with Gasteiger partial charge in [0, 0.05) is 11.4 Å². The number of imidazole rings is 1. The maximum atomic E-state index is 13.6. The Labute approximate surface area is 174 Å². The molecule has 2 atom stereocenters. The minimum absolute atomic E-state index is 0.225. The SMILES string of the molecule is CCCCN1C(=O)C(C(=O)OCC)C(c2sccc2C)n2c1nc1ccccc12. The molecule has 0 spiro atoms. The van der Waals surface area contributed by atoms with Gasteiger partial charge < -0.3 is 4.74 Å². The Morgan fingerprint density at radius 1 is 1.24 bits per heavy atom. The minimum atomic E-state index is -0.922. The third-order valence-corrected chi connectivity index (χ3v) is 6.48. The number of amides is 1. The molecular weight excluding hydrogens is 386 g/mol. The van der Waals surface area contributed by atoms with E-state index in [-0.39, 0.29) is 12.5 Å². The molecule has 2 aromatic heterocycles. The minimum Gasteiger partial charge on any atom is -0.465 e. The van der Waals surface area contributed by atoms with Gasteiger partial charge in [0.2, 0.25) is 11.9 Å². The van der Waals surface area contributed by atoms with E-state index in [9.17, 15) is 9.59 Å². The van der Waals surface area contributed by atoms with E-state index in [1.54, 1.807) is 23.2 Å². The van der Waals surface area contributed by atoms with Crippen LogP contribution in [-0.4, -0.2) is 34.6 Å². The molecule has 4 rings (SSSR count). The molecule has 0 aliphatic carbocycles. The summed E-state index contributed by atoms with van der Waals surface area (Å²) in [6.45, 7) is 6.64. The third kappa shape index (κ3) is 3.23. The fourth-order valence-electron chi connectivity index (χ4n) is 3.99. The van der Waals surface area contributed by atoms with Crippen LogP contribution in [0.2, 0.25) is 0 Å². The molecule has 1 amide bonds. The summed E-state index contributed by atoms with van der Waals surface area (Å²) < 4.78 is 7.42. The number of unbranched alkanes of at least 4 members (excludes halogenated alkanes) is 1. The number of thiophene rings is 1. The number of benzene rings is 1. The third-order valence-electron chi connectivity index (χ3n) is 5.39. The van der Waals surface area contributed by atoms with Crippen molar-refractivity contribution in [1.82, 2.24) is 9.55 Å². The van der Waals surface area contributed by atoms with Gasteiger partial charge in [0.15, 0.2) is 5.92 Å². The molecule has 0 bridgehead atoms. The van der Waals surface area contributed by atoms with Gasteiger partial charge in [-0.25, -0.2) is 4.98 Å². The average molecular weight is 412 g/mol. The Morgan fingerprint density at radius 3 is 2.72 bits per heavy atom. The maximum absolute atomic E-state index is 13.6. The van der Waals surface area contributed by atoms with E-state index in [0.717, 1.165) is 34.3 Å². The second-order valence-electron chi connectivity index (χ2n) is 7.26. The number of nitrogens with zero attached hydrogens (tertiary/aromatic N) is 3. The summed E-state index contributed by atoms with van der Waals surface area (Å²) in [6.07, 6.45) is 1.79. The van der Waals surface area contributed by atoms with Gasteiger partial charge in [-0.2, -0.15) is 0 Å². The normalized spacial score (nSPS) is 18.9. The summed E-state index contributed by atoms with van der Waals surface area (Å²) in [7, 11) is 0. The van der Waals surface area contributed by atoms with E-state index in [0.29, 0.717) is 12.5 Å². The van der Waals surface area contributed by atoms with Gasteiger partial charge in [-0.3, -0.25) is 19.1 Å². The summed E-state index contributed by atoms with van der Waals surface area (Å²) in [4.78, 5) is 34.0. The Bertz CT molecular complexity index is 1050. The van der Waals surface area contributed by atoms with Crippen LogP contribution in [0.1, 0.15) is 43.2 Å². The summed E-state index contributed by atoms with van der Waals surface area (Å²) in [5.41, 5.74) is 2.80. The van der Waals surface area contributed by atoms with E-state index in [1.165, 1.54) is 0 Å². The lowest BCUT2D eigenvalue weighted by atomic mass is 9.92.